The van der Waals surface area contributed by atoms with E-state index in [4.69, 9.17) is 5.41 Å². The summed E-state index contributed by atoms with van der Waals surface area (Å²) >= 11 is 3.01. The molecule has 0 saturated carbocycles. The van der Waals surface area contributed by atoms with Gasteiger partial charge in [-0.2, -0.15) is 0 Å². The van der Waals surface area contributed by atoms with Gasteiger partial charge < -0.3 is 4.90 Å². The van der Waals surface area contributed by atoms with Crippen molar-refractivity contribution in [3.63, 3.8) is 0 Å². The summed E-state index contributed by atoms with van der Waals surface area (Å²) in [5, 5.41) is 8.55. The molecule has 0 aliphatic carbocycles. The molecular formula is C19H17N3OS2. The zero-order valence-corrected chi connectivity index (χ0v) is 15.4. The molecule has 0 unspecified atom stereocenters. The van der Waals surface area contributed by atoms with Gasteiger partial charge in [0.05, 0.1) is 12.2 Å². The fraction of sp³-hybridized carbons (Fsp3) is 0.158. The third kappa shape index (κ3) is 2.96. The SMILES string of the molecule is CN1/C(=C2/SC(=N)N(Cc3ccccc3)C2=O)CSc2ccccc21. The molecule has 0 atom stereocenters. The van der Waals surface area contributed by atoms with Crippen LogP contribution in [0, 0.1) is 5.41 Å². The van der Waals surface area contributed by atoms with Crippen LogP contribution in [0.1, 0.15) is 5.56 Å². The van der Waals surface area contributed by atoms with Crippen molar-refractivity contribution in [2.45, 2.75) is 11.4 Å². The molecule has 0 radical (unpaired) electrons. The van der Waals surface area contributed by atoms with Gasteiger partial charge in [-0.3, -0.25) is 15.1 Å². The number of hydrogen-bond acceptors (Lipinski definition) is 5. The Morgan fingerprint density at radius 3 is 2.60 bits per heavy atom. The first-order chi connectivity index (χ1) is 12.1. The van der Waals surface area contributed by atoms with Gasteiger partial charge in [0.15, 0.2) is 5.17 Å². The fourth-order valence-electron chi connectivity index (χ4n) is 2.96. The number of anilines is 1. The predicted molar refractivity (Wildman–Crippen MR) is 105 cm³/mol. The Bertz CT molecular complexity index is 879. The zero-order chi connectivity index (χ0) is 17.4. The lowest BCUT2D eigenvalue weighted by Gasteiger charge is -2.30. The van der Waals surface area contributed by atoms with Gasteiger partial charge in [-0.1, -0.05) is 42.5 Å². The monoisotopic (exact) mass is 367 g/mol. The molecule has 0 aromatic heterocycles. The Kier molecular flexibility index (Phi) is 4.31. The van der Waals surface area contributed by atoms with Crippen molar-refractivity contribution in [3.8, 4) is 0 Å². The Morgan fingerprint density at radius 2 is 1.80 bits per heavy atom. The lowest BCUT2D eigenvalue weighted by molar-refractivity contribution is -0.122. The van der Waals surface area contributed by atoms with E-state index in [1.165, 1.54) is 16.7 Å². The topological polar surface area (TPSA) is 47.4 Å². The van der Waals surface area contributed by atoms with Crippen LogP contribution in [0.4, 0.5) is 5.69 Å². The molecular weight excluding hydrogens is 350 g/mol. The first-order valence-corrected chi connectivity index (χ1v) is 9.76. The Labute approximate surface area is 155 Å². The van der Waals surface area contributed by atoms with Crippen molar-refractivity contribution >= 4 is 40.3 Å². The zero-order valence-electron chi connectivity index (χ0n) is 13.7. The lowest BCUT2D eigenvalue weighted by Crippen LogP contribution is -2.30. The molecule has 2 aromatic carbocycles. The minimum absolute atomic E-state index is 0.0688. The minimum Gasteiger partial charge on any atom is -0.345 e. The van der Waals surface area contributed by atoms with Gasteiger partial charge >= 0.3 is 0 Å². The number of para-hydroxylation sites is 1. The van der Waals surface area contributed by atoms with Crippen LogP contribution in [-0.2, 0) is 11.3 Å². The van der Waals surface area contributed by atoms with Crippen LogP contribution in [-0.4, -0.2) is 28.8 Å². The van der Waals surface area contributed by atoms with Crippen LogP contribution in [0.5, 0.6) is 0 Å². The van der Waals surface area contributed by atoms with E-state index in [9.17, 15) is 4.79 Å². The average Bonchev–Trinajstić information content (AvgIpc) is 2.91. The molecule has 2 aliphatic heterocycles. The van der Waals surface area contributed by atoms with Crippen LogP contribution in [0.25, 0.3) is 0 Å². The summed E-state index contributed by atoms with van der Waals surface area (Å²) in [5.74, 6) is 0.675. The predicted octanol–water partition coefficient (Wildman–Crippen LogP) is 4.15. The van der Waals surface area contributed by atoms with E-state index in [2.05, 4.69) is 17.0 Å². The maximum Gasteiger partial charge on any atom is 0.268 e. The number of nitrogens with one attached hydrogen (secondary N) is 1. The quantitative estimate of drug-likeness (QED) is 0.810. The molecule has 4 rings (SSSR count). The number of benzene rings is 2. The number of amides is 1. The molecule has 2 aromatic rings. The number of fused-ring (bicyclic) bond motifs is 1. The highest BCUT2D eigenvalue weighted by Crippen LogP contribution is 2.43. The molecule has 6 heteroatoms. The van der Waals surface area contributed by atoms with Crippen molar-refractivity contribution in [1.82, 2.24) is 4.90 Å². The fourth-order valence-corrected chi connectivity index (χ4v) is 5.19. The second-order valence-electron chi connectivity index (χ2n) is 5.88. The van der Waals surface area contributed by atoms with Crippen molar-refractivity contribution in [1.29, 1.82) is 5.41 Å². The standard InChI is InChI=1S/C19H17N3OS2/c1-21-14-9-5-6-10-16(14)24-12-15(21)17-18(23)22(19(20)25-17)11-13-7-3-2-4-8-13/h2-10,20H,11-12H2,1H3/b17-15+,20-19?. The van der Waals surface area contributed by atoms with E-state index in [1.54, 1.807) is 16.7 Å². The molecule has 0 spiro atoms. The van der Waals surface area contributed by atoms with E-state index in [0.717, 1.165) is 22.7 Å². The first-order valence-electron chi connectivity index (χ1n) is 7.96. The van der Waals surface area contributed by atoms with Crippen LogP contribution < -0.4 is 4.90 Å². The Balaban J connectivity index is 1.64. The normalized spacial score (nSPS) is 20.2. The molecule has 0 bridgehead atoms. The molecule has 1 saturated heterocycles. The van der Waals surface area contributed by atoms with E-state index in [-0.39, 0.29) is 5.91 Å². The first kappa shape index (κ1) is 16.3. The third-order valence-corrected chi connectivity index (χ3v) is 6.43. The van der Waals surface area contributed by atoms with Crippen molar-refractivity contribution < 1.29 is 4.79 Å². The molecule has 126 valence electrons. The largest absolute Gasteiger partial charge is 0.345 e. The van der Waals surface area contributed by atoms with Gasteiger partial charge in [0.2, 0.25) is 0 Å². The highest BCUT2D eigenvalue weighted by atomic mass is 32.2. The van der Waals surface area contributed by atoms with Gasteiger partial charge in [0.1, 0.15) is 4.91 Å². The number of carbonyl (C=O) groups is 1. The summed E-state index contributed by atoms with van der Waals surface area (Å²) in [7, 11) is 2.00. The maximum absolute atomic E-state index is 12.9. The lowest BCUT2D eigenvalue weighted by atomic mass is 10.2. The highest BCUT2D eigenvalue weighted by molar-refractivity contribution is 8.18. The summed E-state index contributed by atoms with van der Waals surface area (Å²) in [5.41, 5.74) is 3.13. The maximum atomic E-state index is 12.9. The van der Waals surface area contributed by atoms with Gasteiger partial charge in [-0.15, -0.1) is 11.8 Å². The van der Waals surface area contributed by atoms with Gasteiger partial charge in [-0.05, 0) is 29.5 Å². The summed E-state index contributed by atoms with van der Waals surface area (Å²) in [6.07, 6.45) is 0. The molecule has 1 fully saturated rings. The summed E-state index contributed by atoms with van der Waals surface area (Å²) < 4.78 is 0. The van der Waals surface area contributed by atoms with Crippen LogP contribution >= 0.6 is 23.5 Å². The molecule has 25 heavy (non-hydrogen) atoms. The smallest absolute Gasteiger partial charge is 0.268 e. The van der Waals surface area contributed by atoms with Crippen molar-refractivity contribution in [2.75, 3.05) is 17.7 Å². The second-order valence-corrected chi connectivity index (χ2v) is 7.89. The summed E-state index contributed by atoms with van der Waals surface area (Å²) in [6, 6.07) is 18.0. The average molecular weight is 367 g/mol. The Morgan fingerprint density at radius 1 is 1.08 bits per heavy atom. The van der Waals surface area contributed by atoms with Gasteiger partial charge in [-0.25, -0.2) is 0 Å². The molecule has 1 N–H and O–H groups in total. The molecule has 1 amide bonds. The number of rotatable bonds is 2. The van der Waals surface area contributed by atoms with Crippen molar-refractivity contribution in [2.24, 2.45) is 0 Å². The van der Waals surface area contributed by atoms with Crippen LogP contribution in [0.3, 0.4) is 0 Å². The van der Waals surface area contributed by atoms with Gasteiger partial charge in [0.25, 0.3) is 5.91 Å². The van der Waals surface area contributed by atoms with Crippen LogP contribution in [0.2, 0.25) is 0 Å². The number of hydrogen-bond donors (Lipinski definition) is 1. The molecule has 2 aliphatic rings. The molecule has 2 heterocycles. The van der Waals surface area contributed by atoms with Crippen LogP contribution in [0.15, 0.2) is 70.1 Å². The second kappa shape index (κ2) is 6.61. The Hall–Kier alpha value is -2.18. The third-order valence-electron chi connectivity index (χ3n) is 4.32. The van der Waals surface area contributed by atoms with Gasteiger partial charge in [0, 0.05) is 23.4 Å². The van der Waals surface area contributed by atoms with E-state index in [0.29, 0.717) is 16.6 Å². The highest BCUT2D eigenvalue weighted by Gasteiger charge is 2.36. The number of thioether (sulfide) groups is 2. The minimum atomic E-state index is -0.0688. The van der Waals surface area contributed by atoms with Crippen molar-refractivity contribution in [3.05, 3.63) is 70.8 Å². The van der Waals surface area contributed by atoms with E-state index < -0.39 is 0 Å². The number of carbonyl (C=O) groups excluding carboxylic acids is 1. The number of nitrogens with zero attached hydrogens (tertiary/aromatic N) is 2. The van der Waals surface area contributed by atoms with E-state index >= 15 is 0 Å². The number of amidine groups is 1. The summed E-state index contributed by atoms with van der Waals surface area (Å²) in [4.78, 5) is 18.5. The molecule has 4 nitrogen and oxygen atoms in total. The summed E-state index contributed by atoms with van der Waals surface area (Å²) in [6.45, 7) is 0.440. The van der Waals surface area contributed by atoms with E-state index in [1.807, 2.05) is 49.5 Å².